The van der Waals surface area contributed by atoms with Crippen LogP contribution in [0.3, 0.4) is 0 Å². The van der Waals surface area contributed by atoms with E-state index in [0.29, 0.717) is 35.2 Å². The van der Waals surface area contributed by atoms with E-state index in [0.717, 1.165) is 17.3 Å². The van der Waals surface area contributed by atoms with Gasteiger partial charge in [-0.1, -0.05) is 13.0 Å². The Morgan fingerprint density at radius 3 is 2.49 bits per heavy atom. The second-order valence-electron chi connectivity index (χ2n) is 8.18. The number of hydrazone groups is 1. The van der Waals surface area contributed by atoms with Crippen LogP contribution in [0, 0.1) is 18.6 Å². The first kappa shape index (κ1) is 26.3. The van der Waals surface area contributed by atoms with Crippen LogP contribution in [0.5, 0.6) is 0 Å². The van der Waals surface area contributed by atoms with E-state index in [4.69, 9.17) is 0 Å². The van der Waals surface area contributed by atoms with Gasteiger partial charge in [0.2, 0.25) is 0 Å². The first-order chi connectivity index (χ1) is 17.3. The first-order valence-electron chi connectivity index (χ1n) is 11.0. The molecule has 0 saturated carbocycles. The number of halogens is 5. The van der Waals surface area contributed by atoms with Gasteiger partial charge < -0.3 is 5.32 Å². The average molecular weight is 545 g/mol. The molecule has 0 radical (unpaired) electrons. The Morgan fingerprint density at radius 1 is 1.16 bits per heavy atom. The Morgan fingerprint density at radius 2 is 1.89 bits per heavy atom. The SMILES string of the molecule is CCc1nc2c(C)cc(F)cn2c1C(=O)NCc1ccc(N2CCN(S(=O)(=O)C(F)(F)F)C=N2)c(F)c1. The summed E-state index contributed by atoms with van der Waals surface area (Å²) in [5.41, 5.74) is -3.56. The summed E-state index contributed by atoms with van der Waals surface area (Å²) in [4.78, 5) is 17.3. The van der Waals surface area contributed by atoms with E-state index in [1.807, 2.05) is 0 Å². The molecule has 1 N–H and O–H groups in total. The van der Waals surface area contributed by atoms with Crippen molar-refractivity contribution in [2.75, 3.05) is 18.1 Å². The number of pyridine rings is 1. The second kappa shape index (κ2) is 9.61. The van der Waals surface area contributed by atoms with Crippen LogP contribution < -0.4 is 10.3 Å². The lowest BCUT2D eigenvalue weighted by atomic mass is 10.1. The zero-order chi connectivity index (χ0) is 27.1. The number of aromatic nitrogens is 2. The summed E-state index contributed by atoms with van der Waals surface area (Å²) in [6, 6.07) is 5.22. The van der Waals surface area contributed by atoms with E-state index in [2.05, 4.69) is 15.4 Å². The molecule has 1 amide bonds. The summed E-state index contributed by atoms with van der Waals surface area (Å²) in [6.45, 7) is 2.50. The molecule has 0 bridgehead atoms. The minimum atomic E-state index is -5.58. The highest BCUT2D eigenvalue weighted by molar-refractivity contribution is 7.90. The van der Waals surface area contributed by atoms with Crippen molar-refractivity contribution in [2.45, 2.75) is 32.3 Å². The van der Waals surface area contributed by atoms with Crippen LogP contribution >= 0.6 is 0 Å². The van der Waals surface area contributed by atoms with Crippen LogP contribution in [0.2, 0.25) is 0 Å². The van der Waals surface area contributed by atoms with Gasteiger partial charge in [0, 0.05) is 12.7 Å². The fourth-order valence-corrected chi connectivity index (χ4v) is 4.62. The van der Waals surface area contributed by atoms with Crippen molar-refractivity contribution in [3.8, 4) is 0 Å². The summed E-state index contributed by atoms with van der Waals surface area (Å²) in [6.07, 6.45) is 2.07. The van der Waals surface area contributed by atoms with E-state index in [-0.39, 0.29) is 28.8 Å². The van der Waals surface area contributed by atoms with Gasteiger partial charge in [0.25, 0.3) is 5.91 Å². The highest BCUT2D eigenvalue weighted by Crippen LogP contribution is 2.28. The molecule has 0 atom stereocenters. The standard InChI is InChI=1S/C22H21F5N6O3S/c1-3-17-19(32-11-15(23)8-13(2)20(32)30-17)21(34)28-10-14-4-5-18(16(24)9-14)33-7-6-31(12-29-33)37(35,36)22(25,26)27/h4-5,8-9,11-12H,3,6-7,10H2,1-2H3,(H,28,34). The zero-order valence-corrected chi connectivity index (χ0v) is 20.4. The van der Waals surface area contributed by atoms with Gasteiger partial charge in [-0.25, -0.2) is 18.1 Å². The molecule has 0 fully saturated rings. The number of hydrogen-bond donors (Lipinski definition) is 1. The molecule has 2 aromatic heterocycles. The van der Waals surface area contributed by atoms with Gasteiger partial charge in [0.05, 0.1) is 24.5 Å². The minimum absolute atomic E-state index is 0.0450. The van der Waals surface area contributed by atoms with Crippen LogP contribution in [-0.4, -0.2) is 53.0 Å². The van der Waals surface area contributed by atoms with Crippen LogP contribution in [0.4, 0.5) is 27.6 Å². The maximum atomic E-state index is 14.8. The fraction of sp³-hybridized carbons (Fsp3) is 0.318. The lowest BCUT2D eigenvalue weighted by Crippen LogP contribution is -2.46. The number of alkyl halides is 3. The third-order valence-electron chi connectivity index (χ3n) is 5.69. The van der Waals surface area contributed by atoms with Crippen molar-refractivity contribution in [1.29, 1.82) is 0 Å². The molecule has 0 aliphatic carbocycles. The van der Waals surface area contributed by atoms with Gasteiger partial charge in [-0.15, -0.1) is 0 Å². The van der Waals surface area contributed by atoms with Crippen LogP contribution in [0.25, 0.3) is 5.65 Å². The number of nitrogens with one attached hydrogen (secondary N) is 1. The molecule has 3 aromatic rings. The van der Waals surface area contributed by atoms with E-state index >= 15 is 0 Å². The summed E-state index contributed by atoms with van der Waals surface area (Å²) in [5.74, 6) is -1.85. The number of hydrogen-bond acceptors (Lipinski definition) is 6. The molecule has 1 aliphatic rings. The number of carbonyl (C=O) groups is 1. The molecule has 3 heterocycles. The number of benzene rings is 1. The first-order valence-corrected chi connectivity index (χ1v) is 12.4. The Balaban J connectivity index is 1.48. The quantitative estimate of drug-likeness (QED) is 0.480. The molecule has 0 saturated heterocycles. The lowest BCUT2D eigenvalue weighted by Gasteiger charge is -2.29. The molecule has 1 aromatic carbocycles. The van der Waals surface area contributed by atoms with Crippen molar-refractivity contribution in [1.82, 2.24) is 19.0 Å². The number of fused-ring (bicyclic) bond motifs is 1. The summed E-state index contributed by atoms with van der Waals surface area (Å²) in [7, 11) is -5.58. The average Bonchev–Trinajstić information content (AvgIpc) is 3.21. The van der Waals surface area contributed by atoms with E-state index < -0.39 is 39.6 Å². The maximum absolute atomic E-state index is 14.8. The predicted octanol–water partition coefficient (Wildman–Crippen LogP) is 3.33. The van der Waals surface area contributed by atoms with Crippen LogP contribution in [0.15, 0.2) is 35.6 Å². The van der Waals surface area contributed by atoms with E-state index in [1.165, 1.54) is 22.6 Å². The Hall–Kier alpha value is -3.75. The number of anilines is 1. The topological polar surface area (TPSA) is 99.4 Å². The third-order valence-corrected chi connectivity index (χ3v) is 7.17. The van der Waals surface area contributed by atoms with Crippen molar-refractivity contribution in [3.63, 3.8) is 0 Å². The lowest BCUT2D eigenvalue weighted by molar-refractivity contribution is -0.0471. The number of rotatable bonds is 6. The van der Waals surface area contributed by atoms with Gasteiger partial charge in [-0.2, -0.15) is 26.7 Å². The minimum Gasteiger partial charge on any atom is -0.347 e. The number of sulfonamides is 1. The predicted molar refractivity (Wildman–Crippen MR) is 124 cm³/mol. The van der Waals surface area contributed by atoms with E-state index in [9.17, 15) is 35.2 Å². The summed E-state index contributed by atoms with van der Waals surface area (Å²) in [5, 5.41) is 7.32. The molecule has 198 valence electrons. The van der Waals surface area contributed by atoms with Gasteiger partial charge >= 0.3 is 15.5 Å². The molecule has 1 aliphatic heterocycles. The monoisotopic (exact) mass is 544 g/mol. The smallest absolute Gasteiger partial charge is 0.347 e. The number of imidazole rings is 1. The molecular weight excluding hydrogens is 523 g/mol. The van der Waals surface area contributed by atoms with Gasteiger partial charge in [-0.3, -0.25) is 14.2 Å². The molecule has 0 spiro atoms. The Kier molecular flexibility index (Phi) is 6.83. The molecule has 0 unspecified atom stereocenters. The van der Waals surface area contributed by atoms with Crippen molar-refractivity contribution < 1.29 is 35.2 Å². The molecule has 9 nitrogen and oxygen atoms in total. The molecule has 4 rings (SSSR count). The van der Waals surface area contributed by atoms with Gasteiger partial charge in [0.1, 0.15) is 29.3 Å². The Labute approximate surface area is 208 Å². The zero-order valence-electron chi connectivity index (χ0n) is 19.6. The number of nitrogens with zero attached hydrogens (tertiary/aromatic N) is 5. The third kappa shape index (κ3) is 4.95. The molecule has 15 heteroatoms. The molecule has 37 heavy (non-hydrogen) atoms. The number of aryl methyl sites for hydroxylation is 2. The van der Waals surface area contributed by atoms with Crippen LogP contribution in [0.1, 0.15) is 34.2 Å². The largest absolute Gasteiger partial charge is 0.516 e. The van der Waals surface area contributed by atoms with E-state index in [1.54, 1.807) is 13.8 Å². The second-order valence-corrected chi connectivity index (χ2v) is 10.1. The van der Waals surface area contributed by atoms with Gasteiger partial charge in [-0.05, 0) is 42.7 Å². The number of carbonyl (C=O) groups excluding carboxylic acids is 1. The van der Waals surface area contributed by atoms with Crippen molar-refractivity contribution in [3.05, 3.63) is 64.6 Å². The van der Waals surface area contributed by atoms with Crippen molar-refractivity contribution >= 4 is 33.6 Å². The summed E-state index contributed by atoms with van der Waals surface area (Å²) >= 11 is 0. The van der Waals surface area contributed by atoms with Crippen molar-refractivity contribution in [2.24, 2.45) is 5.10 Å². The normalized spacial score (nSPS) is 14.5. The number of amides is 1. The van der Waals surface area contributed by atoms with Gasteiger partial charge in [0.15, 0.2) is 0 Å². The van der Waals surface area contributed by atoms with Crippen LogP contribution in [-0.2, 0) is 23.0 Å². The highest BCUT2D eigenvalue weighted by atomic mass is 32.2. The Bertz CT molecular complexity index is 1500. The fourth-order valence-electron chi connectivity index (χ4n) is 3.86. The summed E-state index contributed by atoms with van der Waals surface area (Å²) < 4.78 is 91.2. The molecular formula is C22H21F5N6O3S. The maximum Gasteiger partial charge on any atom is 0.516 e. The highest BCUT2D eigenvalue weighted by Gasteiger charge is 2.50.